The third kappa shape index (κ3) is 4.55. The first-order chi connectivity index (χ1) is 11.8. The van der Waals surface area contributed by atoms with Gasteiger partial charge in [0.1, 0.15) is 12.1 Å². The van der Waals surface area contributed by atoms with Gasteiger partial charge in [0.2, 0.25) is 0 Å². The molecule has 0 aromatic carbocycles. The van der Waals surface area contributed by atoms with E-state index in [2.05, 4.69) is 32.5 Å². The van der Waals surface area contributed by atoms with Crippen LogP contribution < -0.4 is 10.6 Å². The van der Waals surface area contributed by atoms with Crippen molar-refractivity contribution in [3.8, 4) is 5.82 Å². The monoisotopic (exact) mass is 328 g/mol. The molecule has 2 aromatic rings. The van der Waals surface area contributed by atoms with E-state index in [-0.39, 0.29) is 0 Å². The van der Waals surface area contributed by atoms with E-state index in [0.29, 0.717) is 12.6 Å². The fourth-order valence-electron chi connectivity index (χ4n) is 2.62. The first-order valence-corrected chi connectivity index (χ1v) is 8.42. The Balaban J connectivity index is 1.61. The number of imidazole rings is 1. The Labute approximate surface area is 142 Å². The molecule has 1 atom stereocenters. The first kappa shape index (κ1) is 16.4. The zero-order valence-electron chi connectivity index (χ0n) is 14.0. The zero-order valence-corrected chi connectivity index (χ0v) is 14.0. The molecule has 7 nitrogen and oxygen atoms in total. The quantitative estimate of drug-likeness (QED) is 0.621. The van der Waals surface area contributed by atoms with Crippen LogP contribution in [-0.2, 0) is 11.3 Å². The van der Waals surface area contributed by atoms with E-state index in [1.165, 1.54) is 0 Å². The van der Waals surface area contributed by atoms with Gasteiger partial charge in [0.05, 0.1) is 12.6 Å². The number of guanidine groups is 1. The summed E-state index contributed by atoms with van der Waals surface area (Å²) < 4.78 is 7.52. The maximum Gasteiger partial charge on any atom is 0.191 e. The van der Waals surface area contributed by atoms with Gasteiger partial charge in [0, 0.05) is 38.3 Å². The first-order valence-electron chi connectivity index (χ1n) is 8.42. The normalized spacial score (nSPS) is 17.9. The van der Waals surface area contributed by atoms with Gasteiger partial charge in [-0.15, -0.1) is 0 Å². The second kappa shape index (κ2) is 8.44. The Morgan fingerprint density at radius 2 is 2.38 bits per heavy atom. The van der Waals surface area contributed by atoms with Gasteiger partial charge in [-0.2, -0.15) is 0 Å². The predicted molar refractivity (Wildman–Crippen MR) is 93.2 cm³/mol. The minimum Gasteiger partial charge on any atom is -0.376 e. The van der Waals surface area contributed by atoms with Crippen LogP contribution in [0.1, 0.15) is 25.3 Å². The second-order valence-electron chi connectivity index (χ2n) is 5.70. The van der Waals surface area contributed by atoms with Crippen LogP contribution in [0.15, 0.2) is 42.0 Å². The standard InChI is InChI=1S/C17H24N6O/c1-2-19-17(22-12-15-4-3-9-24-15)21-11-14-5-6-20-16(10-14)23-8-7-18-13-23/h5-8,10,13,15H,2-4,9,11-12H2,1H3,(H2,19,21,22). The second-order valence-corrected chi connectivity index (χ2v) is 5.70. The molecule has 3 heterocycles. The Morgan fingerprint density at radius 1 is 1.42 bits per heavy atom. The summed E-state index contributed by atoms with van der Waals surface area (Å²) in [5, 5.41) is 6.63. The summed E-state index contributed by atoms with van der Waals surface area (Å²) in [6.45, 7) is 5.14. The van der Waals surface area contributed by atoms with E-state index in [9.17, 15) is 0 Å². The van der Waals surface area contributed by atoms with Crippen molar-refractivity contribution in [3.63, 3.8) is 0 Å². The van der Waals surface area contributed by atoms with Crippen molar-refractivity contribution in [2.75, 3.05) is 19.7 Å². The molecule has 0 saturated carbocycles. The lowest BCUT2D eigenvalue weighted by Gasteiger charge is -2.14. The highest BCUT2D eigenvalue weighted by Crippen LogP contribution is 2.11. The van der Waals surface area contributed by atoms with Crippen molar-refractivity contribution >= 4 is 5.96 Å². The van der Waals surface area contributed by atoms with Crippen LogP contribution in [0.4, 0.5) is 0 Å². The molecule has 1 aliphatic rings. The minimum absolute atomic E-state index is 0.294. The molecular formula is C17H24N6O. The number of nitrogens with zero attached hydrogens (tertiary/aromatic N) is 4. The Morgan fingerprint density at radius 3 is 3.12 bits per heavy atom. The van der Waals surface area contributed by atoms with Crippen molar-refractivity contribution < 1.29 is 4.74 Å². The van der Waals surface area contributed by atoms with Gasteiger partial charge >= 0.3 is 0 Å². The summed E-state index contributed by atoms with van der Waals surface area (Å²) in [6.07, 6.45) is 9.71. The third-order valence-corrected chi connectivity index (χ3v) is 3.86. The van der Waals surface area contributed by atoms with E-state index < -0.39 is 0 Å². The summed E-state index contributed by atoms with van der Waals surface area (Å²) in [6, 6.07) is 4.00. The molecule has 1 aliphatic heterocycles. The highest BCUT2D eigenvalue weighted by Gasteiger charge is 2.15. The predicted octanol–water partition coefficient (Wildman–Crippen LogP) is 1.50. The van der Waals surface area contributed by atoms with Crippen LogP contribution in [0.25, 0.3) is 5.82 Å². The molecule has 2 N–H and O–H groups in total. The van der Waals surface area contributed by atoms with Crippen molar-refractivity contribution in [1.29, 1.82) is 0 Å². The number of ether oxygens (including phenoxy) is 1. The number of aromatic nitrogens is 3. The molecule has 1 fully saturated rings. The van der Waals surface area contributed by atoms with Gasteiger partial charge in [-0.3, -0.25) is 4.57 Å². The molecule has 1 unspecified atom stereocenters. The molecule has 0 bridgehead atoms. The molecule has 0 radical (unpaired) electrons. The lowest BCUT2D eigenvalue weighted by Crippen LogP contribution is -2.41. The molecular weight excluding hydrogens is 304 g/mol. The molecule has 0 spiro atoms. The Kier molecular flexibility index (Phi) is 5.79. The Hall–Kier alpha value is -2.41. The molecule has 2 aromatic heterocycles. The van der Waals surface area contributed by atoms with E-state index in [1.54, 1.807) is 18.7 Å². The maximum absolute atomic E-state index is 5.64. The smallest absolute Gasteiger partial charge is 0.191 e. The van der Waals surface area contributed by atoms with Crippen LogP contribution in [0.5, 0.6) is 0 Å². The van der Waals surface area contributed by atoms with Gasteiger partial charge in [0.15, 0.2) is 5.96 Å². The van der Waals surface area contributed by atoms with E-state index in [0.717, 1.165) is 49.9 Å². The topological polar surface area (TPSA) is 76.4 Å². The number of aliphatic imine (C=N–C) groups is 1. The summed E-state index contributed by atoms with van der Waals surface area (Å²) in [5.74, 6) is 1.66. The summed E-state index contributed by atoms with van der Waals surface area (Å²) in [5.41, 5.74) is 1.10. The van der Waals surface area contributed by atoms with Crippen molar-refractivity contribution in [2.45, 2.75) is 32.4 Å². The number of rotatable bonds is 6. The average Bonchev–Trinajstić information content (AvgIpc) is 3.31. The lowest BCUT2D eigenvalue weighted by molar-refractivity contribution is 0.114. The minimum atomic E-state index is 0.294. The number of pyridine rings is 1. The summed E-state index contributed by atoms with van der Waals surface area (Å²) in [4.78, 5) is 13.1. The van der Waals surface area contributed by atoms with E-state index in [4.69, 9.17) is 4.74 Å². The molecule has 7 heteroatoms. The number of hydrogen-bond donors (Lipinski definition) is 2. The van der Waals surface area contributed by atoms with Crippen molar-refractivity contribution in [1.82, 2.24) is 25.2 Å². The van der Waals surface area contributed by atoms with Crippen LogP contribution in [0, 0.1) is 0 Å². The Bertz CT molecular complexity index is 649. The third-order valence-electron chi connectivity index (χ3n) is 3.86. The lowest BCUT2D eigenvalue weighted by atomic mass is 10.2. The van der Waals surface area contributed by atoms with Gasteiger partial charge in [-0.1, -0.05) is 0 Å². The maximum atomic E-state index is 5.64. The fraction of sp³-hybridized carbons (Fsp3) is 0.471. The van der Waals surface area contributed by atoms with Crippen LogP contribution in [-0.4, -0.2) is 46.3 Å². The largest absolute Gasteiger partial charge is 0.376 e. The highest BCUT2D eigenvalue weighted by molar-refractivity contribution is 5.79. The van der Waals surface area contributed by atoms with Crippen LogP contribution in [0.3, 0.4) is 0 Å². The SMILES string of the molecule is CCNC(=NCc1ccnc(-n2ccnc2)c1)NCC1CCCO1. The fourth-order valence-corrected chi connectivity index (χ4v) is 2.62. The zero-order chi connectivity index (χ0) is 16.6. The van der Waals surface area contributed by atoms with Gasteiger partial charge in [-0.25, -0.2) is 15.0 Å². The van der Waals surface area contributed by atoms with Gasteiger partial charge in [-0.05, 0) is 37.5 Å². The van der Waals surface area contributed by atoms with Crippen molar-refractivity contribution in [2.24, 2.45) is 4.99 Å². The van der Waals surface area contributed by atoms with Gasteiger partial charge in [0.25, 0.3) is 0 Å². The molecule has 1 saturated heterocycles. The summed E-state index contributed by atoms with van der Waals surface area (Å²) in [7, 11) is 0. The van der Waals surface area contributed by atoms with Gasteiger partial charge < -0.3 is 15.4 Å². The molecule has 24 heavy (non-hydrogen) atoms. The van der Waals surface area contributed by atoms with Crippen LogP contribution >= 0.6 is 0 Å². The number of nitrogens with one attached hydrogen (secondary N) is 2. The van der Waals surface area contributed by atoms with Crippen LogP contribution in [0.2, 0.25) is 0 Å². The van der Waals surface area contributed by atoms with E-state index in [1.807, 2.05) is 22.9 Å². The van der Waals surface area contributed by atoms with E-state index >= 15 is 0 Å². The molecule has 0 aliphatic carbocycles. The van der Waals surface area contributed by atoms with Crippen molar-refractivity contribution in [3.05, 3.63) is 42.6 Å². The highest BCUT2D eigenvalue weighted by atomic mass is 16.5. The molecule has 3 rings (SSSR count). The summed E-state index contributed by atoms with van der Waals surface area (Å²) >= 11 is 0. The molecule has 0 amide bonds. The number of hydrogen-bond acceptors (Lipinski definition) is 4. The average molecular weight is 328 g/mol. The molecule has 128 valence electrons.